The molecule has 2 N–H and O–H groups in total. The van der Waals surface area contributed by atoms with Gasteiger partial charge >= 0.3 is 6.09 Å². The average molecular weight is 246 g/mol. The van der Waals surface area contributed by atoms with Crippen LogP contribution in [0.15, 0.2) is 5.38 Å². The minimum atomic E-state index is -1.12. The number of hydrogen-bond acceptors (Lipinski definition) is 5. The molecule has 0 saturated carbocycles. The number of thiazole rings is 1. The predicted octanol–water partition coefficient (Wildman–Crippen LogP) is 1.78. The Labute approximate surface area is 97.2 Å². The molecule has 0 aliphatic carbocycles. The van der Waals surface area contributed by atoms with Crippen LogP contribution in [0.5, 0.6) is 0 Å². The summed E-state index contributed by atoms with van der Waals surface area (Å²) in [7, 11) is 1.62. The molecular weight excluding hydrogens is 232 g/mol. The van der Waals surface area contributed by atoms with Crippen LogP contribution in [0.3, 0.4) is 0 Å². The Kier molecular flexibility index (Phi) is 5.17. The number of nitrogens with one attached hydrogen (secondary N) is 1. The highest BCUT2D eigenvalue weighted by Crippen LogP contribution is 2.15. The fourth-order valence-corrected chi connectivity index (χ4v) is 1.60. The second kappa shape index (κ2) is 6.41. The summed E-state index contributed by atoms with van der Waals surface area (Å²) in [6.07, 6.45) is -1.08. The summed E-state index contributed by atoms with van der Waals surface area (Å²) in [4.78, 5) is 14.4. The normalized spacial score (nSPS) is 12.4. The van der Waals surface area contributed by atoms with Crippen molar-refractivity contribution < 1.29 is 19.4 Å². The van der Waals surface area contributed by atoms with Crippen molar-refractivity contribution in [2.45, 2.75) is 19.6 Å². The van der Waals surface area contributed by atoms with Gasteiger partial charge in [-0.1, -0.05) is 0 Å². The van der Waals surface area contributed by atoms with E-state index in [4.69, 9.17) is 14.6 Å². The molecule has 1 aromatic rings. The standard InChI is InChI=1S/C9H14N2O4S/c1-6(14-2)3-15-4-7-5-16-8(10-7)11-9(12)13/h5-6H,3-4H2,1-2H3,(H,10,11)(H,12,13). The number of aromatic nitrogens is 1. The lowest BCUT2D eigenvalue weighted by Crippen LogP contribution is -2.13. The Balaban J connectivity index is 2.32. The van der Waals surface area contributed by atoms with E-state index in [2.05, 4.69) is 10.3 Å². The lowest BCUT2D eigenvalue weighted by molar-refractivity contribution is 0.0109. The van der Waals surface area contributed by atoms with E-state index in [1.165, 1.54) is 11.3 Å². The minimum absolute atomic E-state index is 0.0373. The third-order valence-corrected chi connectivity index (χ3v) is 2.58. The highest BCUT2D eigenvalue weighted by Gasteiger charge is 2.05. The molecule has 0 aliphatic heterocycles. The van der Waals surface area contributed by atoms with E-state index in [0.29, 0.717) is 24.0 Å². The van der Waals surface area contributed by atoms with Crippen molar-refractivity contribution in [3.8, 4) is 0 Å². The predicted molar refractivity (Wildman–Crippen MR) is 59.9 cm³/mol. The summed E-state index contributed by atoms with van der Waals surface area (Å²) in [6.45, 7) is 2.74. The molecule has 7 heteroatoms. The zero-order valence-corrected chi connectivity index (χ0v) is 9.91. The first-order valence-electron chi connectivity index (χ1n) is 4.66. The summed E-state index contributed by atoms with van der Waals surface area (Å²) in [5.74, 6) is 0. The molecule has 1 heterocycles. The Morgan fingerprint density at radius 1 is 1.75 bits per heavy atom. The number of carbonyl (C=O) groups is 1. The second-order valence-electron chi connectivity index (χ2n) is 3.14. The molecule has 0 aromatic carbocycles. The molecule has 0 saturated heterocycles. The lowest BCUT2D eigenvalue weighted by atomic mass is 10.4. The Bertz CT molecular complexity index is 342. The van der Waals surface area contributed by atoms with Crippen molar-refractivity contribution in [2.24, 2.45) is 0 Å². The van der Waals surface area contributed by atoms with Gasteiger partial charge in [-0.3, -0.25) is 5.32 Å². The van der Waals surface area contributed by atoms with Crippen LogP contribution in [0.1, 0.15) is 12.6 Å². The van der Waals surface area contributed by atoms with Gasteiger partial charge in [0.1, 0.15) is 0 Å². The number of anilines is 1. The van der Waals surface area contributed by atoms with Crippen molar-refractivity contribution in [1.82, 2.24) is 4.98 Å². The van der Waals surface area contributed by atoms with E-state index in [-0.39, 0.29) is 6.10 Å². The highest BCUT2D eigenvalue weighted by atomic mass is 32.1. The molecule has 1 unspecified atom stereocenters. The molecule has 0 aliphatic rings. The van der Waals surface area contributed by atoms with Crippen molar-refractivity contribution >= 4 is 22.6 Å². The summed E-state index contributed by atoms with van der Waals surface area (Å²) in [6, 6.07) is 0. The maximum absolute atomic E-state index is 10.3. The molecule has 1 atom stereocenters. The van der Waals surface area contributed by atoms with Crippen LogP contribution in [-0.4, -0.2) is 36.0 Å². The molecule has 90 valence electrons. The Morgan fingerprint density at radius 3 is 3.12 bits per heavy atom. The summed E-state index contributed by atoms with van der Waals surface area (Å²) in [5, 5.41) is 12.7. The van der Waals surface area contributed by atoms with Crippen LogP contribution >= 0.6 is 11.3 Å². The van der Waals surface area contributed by atoms with Crippen LogP contribution in [-0.2, 0) is 16.1 Å². The van der Waals surface area contributed by atoms with Crippen molar-refractivity contribution in [3.05, 3.63) is 11.1 Å². The molecule has 0 radical (unpaired) electrons. The largest absolute Gasteiger partial charge is 0.465 e. The van der Waals surface area contributed by atoms with Gasteiger partial charge in [0, 0.05) is 12.5 Å². The fourth-order valence-electron chi connectivity index (χ4n) is 0.920. The Morgan fingerprint density at radius 2 is 2.50 bits per heavy atom. The van der Waals surface area contributed by atoms with Crippen molar-refractivity contribution in [3.63, 3.8) is 0 Å². The molecule has 1 aromatic heterocycles. The van der Waals surface area contributed by atoms with E-state index in [0.717, 1.165) is 0 Å². The van der Waals surface area contributed by atoms with Gasteiger partial charge < -0.3 is 14.6 Å². The highest BCUT2D eigenvalue weighted by molar-refractivity contribution is 7.13. The molecule has 0 bridgehead atoms. The molecule has 1 rings (SSSR count). The van der Waals surface area contributed by atoms with E-state index in [1.807, 2.05) is 6.92 Å². The van der Waals surface area contributed by atoms with E-state index in [1.54, 1.807) is 12.5 Å². The molecular formula is C9H14N2O4S. The first kappa shape index (κ1) is 12.9. The van der Waals surface area contributed by atoms with Crippen LogP contribution < -0.4 is 5.32 Å². The molecule has 0 spiro atoms. The monoisotopic (exact) mass is 246 g/mol. The SMILES string of the molecule is COC(C)COCc1csc(NC(=O)O)n1. The zero-order valence-electron chi connectivity index (χ0n) is 9.10. The summed E-state index contributed by atoms with van der Waals surface area (Å²) < 4.78 is 10.3. The third-order valence-electron chi connectivity index (χ3n) is 1.77. The lowest BCUT2D eigenvalue weighted by Gasteiger charge is -2.08. The Hall–Kier alpha value is -1.18. The summed E-state index contributed by atoms with van der Waals surface area (Å²) in [5.41, 5.74) is 0.706. The minimum Gasteiger partial charge on any atom is -0.465 e. The maximum Gasteiger partial charge on any atom is 0.410 e. The van der Waals surface area contributed by atoms with E-state index in [9.17, 15) is 4.79 Å². The smallest absolute Gasteiger partial charge is 0.410 e. The van der Waals surface area contributed by atoms with Gasteiger partial charge in [0.05, 0.1) is 25.0 Å². The second-order valence-corrected chi connectivity index (χ2v) is 3.99. The van der Waals surface area contributed by atoms with Gasteiger partial charge in [-0.05, 0) is 6.92 Å². The topological polar surface area (TPSA) is 80.7 Å². The number of ether oxygens (including phenoxy) is 2. The van der Waals surface area contributed by atoms with Crippen molar-refractivity contribution in [1.29, 1.82) is 0 Å². The van der Waals surface area contributed by atoms with E-state index < -0.39 is 6.09 Å². The van der Waals surface area contributed by atoms with E-state index >= 15 is 0 Å². The van der Waals surface area contributed by atoms with Crippen LogP contribution in [0.4, 0.5) is 9.93 Å². The molecule has 6 nitrogen and oxygen atoms in total. The number of rotatable bonds is 6. The number of nitrogens with zero attached hydrogens (tertiary/aromatic N) is 1. The average Bonchev–Trinajstić information content (AvgIpc) is 2.64. The van der Waals surface area contributed by atoms with Gasteiger partial charge in [-0.2, -0.15) is 0 Å². The number of methoxy groups -OCH3 is 1. The number of carboxylic acid groups (broad SMARTS) is 1. The maximum atomic E-state index is 10.3. The quantitative estimate of drug-likeness (QED) is 0.799. The summed E-state index contributed by atoms with van der Waals surface area (Å²) >= 11 is 1.23. The number of amides is 1. The molecule has 1 amide bonds. The van der Waals surface area contributed by atoms with Gasteiger partial charge in [-0.25, -0.2) is 9.78 Å². The number of hydrogen-bond donors (Lipinski definition) is 2. The first-order valence-corrected chi connectivity index (χ1v) is 5.54. The van der Waals surface area contributed by atoms with Crippen molar-refractivity contribution in [2.75, 3.05) is 19.0 Å². The third kappa shape index (κ3) is 4.56. The first-order chi connectivity index (χ1) is 7.61. The van der Waals surface area contributed by atoms with Crippen LogP contribution in [0, 0.1) is 0 Å². The van der Waals surface area contributed by atoms with Gasteiger partial charge in [-0.15, -0.1) is 11.3 Å². The van der Waals surface area contributed by atoms with Gasteiger partial charge in [0.2, 0.25) is 0 Å². The van der Waals surface area contributed by atoms with Gasteiger partial charge in [0.15, 0.2) is 5.13 Å². The fraction of sp³-hybridized carbons (Fsp3) is 0.556. The molecule has 16 heavy (non-hydrogen) atoms. The van der Waals surface area contributed by atoms with Gasteiger partial charge in [0.25, 0.3) is 0 Å². The molecule has 0 fully saturated rings. The van der Waals surface area contributed by atoms with Crippen LogP contribution in [0.25, 0.3) is 0 Å². The van der Waals surface area contributed by atoms with Crippen LogP contribution in [0.2, 0.25) is 0 Å². The zero-order chi connectivity index (χ0) is 12.0.